The lowest BCUT2D eigenvalue weighted by Crippen LogP contribution is -2.39. The Morgan fingerprint density at radius 1 is 1.44 bits per heavy atom. The highest BCUT2D eigenvalue weighted by molar-refractivity contribution is 5.88. The van der Waals surface area contributed by atoms with Crippen LogP contribution in [0, 0.1) is 0 Å². The average Bonchev–Trinajstić information content (AvgIpc) is 2.39. The fourth-order valence-corrected chi connectivity index (χ4v) is 1.66. The van der Waals surface area contributed by atoms with E-state index in [0.717, 1.165) is 32.1 Å². The van der Waals surface area contributed by atoms with Crippen LogP contribution in [0.2, 0.25) is 0 Å². The zero-order chi connectivity index (χ0) is 11.4. The fourth-order valence-electron chi connectivity index (χ4n) is 1.66. The number of nitrogens with zero attached hydrogens (tertiary/aromatic N) is 1. The Labute approximate surface area is 94.0 Å². The minimum absolute atomic E-state index is 0.329. The number of aromatic amines is 1. The molecular formula is C11H15N2O3+. The normalized spacial score (nSPS) is 15.9. The highest BCUT2D eigenvalue weighted by Gasteiger charge is 2.19. The molecule has 0 spiro atoms. The van der Waals surface area contributed by atoms with Crippen LogP contribution in [0.3, 0.4) is 0 Å². The van der Waals surface area contributed by atoms with Gasteiger partial charge in [-0.2, -0.15) is 0 Å². The summed E-state index contributed by atoms with van der Waals surface area (Å²) in [6.45, 7) is 3.22. The summed E-state index contributed by atoms with van der Waals surface area (Å²) in [6, 6.07) is 3.64. The number of carbonyl (C=O) groups is 1. The average molecular weight is 223 g/mol. The summed E-state index contributed by atoms with van der Waals surface area (Å²) in [5.41, 5.74) is 0.527. The second-order valence-electron chi connectivity index (χ2n) is 3.55. The lowest BCUT2D eigenvalue weighted by Gasteiger charge is -2.21. The van der Waals surface area contributed by atoms with Crippen molar-refractivity contribution in [2.45, 2.75) is 0 Å². The smallest absolute Gasteiger partial charge is 0.341 e. The molecule has 1 aliphatic rings. The molecule has 1 aromatic heterocycles. The van der Waals surface area contributed by atoms with Crippen LogP contribution in [0.25, 0.3) is 0 Å². The van der Waals surface area contributed by atoms with Crippen molar-refractivity contribution in [3.05, 3.63) is 23.9 Å². The summed E-state index contributed by atoms with van der Waals surface area (Å²) in [4.78, 5) is 16.5. The number of hydrogen-bond acceptors (Lipinski definition) is 4. The van der Waals surface area contributed by atoms with E-state index >= 15 is 0 Å². The lowest BCUT2D eigenvalue weighted by atomic mass is 10.3. The first kappa shape index (κ1) is 10.9. The van der Waals surface area contributed by atoms with Gasteiger partial charge in [0.1, 0.15) is 19.3 Å². The Balaban J connectivity index is 2.09. The quantitative estimate of drug-likeness (QED) is 0.668. The zero-order valence-corrected chi connectivity index (χ0v) is 9.23. The topological polar surface area (TPSA) is 52.9 Å². The van der Waals surface area contributed by atoms with E-state index in [1.165, 1.54) is 7.11 Å². The minimum Gasteiger partial charge on any atom is -0.465 e. The number of pyridine rings is 1. The van der Waals surface area contributed by atoms with Gasteiger partial charge in [-0.1, -0.05) is 0 Å². The van der Waals surface area contributed by atoms with E-state index in [-0.39, 0.29) is 5.97 Å². The summed E-state index contributed by atoms with van der Waals surface area (Å²) in [6.07, 6.45) is 1.66. The number of rotatable bonds is 2. The summed E-state index contributed by atoms with van der Waals surface area (Å²) in [5, 5.41) is 0. The number of carbonyl (C=O) groups excluding carboxylic acids is 1. The third kappa shape index (κ3) is 2.30. The molecule has 0 saturated carbocycles. The molecule has 1 saturated heterocycles. The molecule has 0 unspecified atom stereocenters. The molecule has 0 amide bonds. The number of morpholine rings is 1. The predicted octanol–water partition coefficient (Wildman–Crippen LogP) is 0.124. The van der Waals surface area contributed by atoms with Crippen molar-refractivity contribution in [2.75, 3.05) is 38.3 Å². The van der Waals surface area contributed by atoms with Crippen molar-refractivity contribution >= 4 is 11.8 Å². The maximum atomic E-state index is 11.2. The number of methoxy groups -OCH3 is 1. The maximum Gasteiger partial charge on any atom is 0.341 e. The Kier molecular flexibility index (Phi) is 3.36. The van der Waals surface area contributed by atoms with Crippen molar-refractivity contribution < 1.29 is 19.3 Å². The van der Waals surface area contributed by atoms with Crippen LogP contribution in [0.1, 0.15) is 10.4 Å². The molecule has 0 atom stereocenters. The van der Waals surface area contributed by atoms with Crippen LogP contribution in [0.4, 0.5) is 5.82 Å². The molecule has 0 aromatic carbocycles. The number of esters is 1. The van der Waals surface area contributed by atoms with Crippen LogP contribution in [-0.4, -0.2) is 39.4 Å². The second-order valence-corrected chi connectivity index (χ2v) is 3.55. The van der Waals surface area contributed by atoms with Gasteiger partial charge in [0.2, 0.25) is 0 Å². The van der Waals surface area contributed by atoms with Crippen LogP contribution >= 0.6 is 0 Å². The van der Waals surface area contributed by atoms with Gasteiger partial charge in [-0.3, -0.25) is 4.90 Å². The monoisotopic (exact) mass is 223 g/mol. The number of ether oxygens (including phenoxy) is 2. The molecule has 1 N–H and O–H groups in total. The standard InChI is InChI=1S/C11H14N2O3/c1-15-11(14)9-2-3-10(12-8-9)13-4-6-16-7-5-13/h2-3,8H,4-7H2,1H3/p+1. The molecule has 1 fully saturated rings. The summed E-state index contributed by atoms with van der Waals surface area (Å²) < 4.78 is 9.90. The molecule has 1 aliphatic heterocycles. The van der Waals surface area contributed by atoms with Crippen molar-refractivity contribution in [2.24, 2.45) is 0 Å². The zero-order valence-electron chi connectivity index (χ0n) is 9.23. The van der Waals surface area contributed by atoms with E-state index in [9.17, 15) is 4.79 Å². The summed E-state index contributed by atoms with van der Waals surface area (Å²) in [5.74, 6) is 0.667. The fraction of sp³-hybridized carbons (Fsp3) is 0.455. The molecule has 5 heteroatoms. The molecule has 16 heavy (non-hydrogen) atoms. The van der Waals surface area contributed by atoms with E-state index < -0.39 is 0 Å². The highest BCUT2D eigenvalue weighted by Crippen LogP contribution is 2.09. The maximum absolute atomic E-state index is 11.2. The van der Waals surface area contributed by atoms with E-state index in [1.807, 2.05) is 6.07 Å². The van der Waals surface area contributed by atoms with E-state index in [4.69, 9.17) is 4.74 Å². The van der Waals surface area contributed by atoms with Gasteiger partial charge in [0.25, 0.3) is 5.82 Å². The van der Waals surface area contributed by atoms with Crippen molar-refractivity contribution in [1.82, 2.24) is 0 Å². The first-order valence-corrected chi connectivity index (χ1v) is 5.24. The highest BCUT2D eigenvalue weighted by atomic mass is 16.5. The minimum atomic E-state index is -0.329. The molecule has 5 nitrogen and oxygen atoms in total. The molecule has 86 valence electrons. The van der Waals surface area contributed by atoms with Crippen LogP contribution in [0.15, 0.2) is 18.3 Å². The number of hydrogen-bond donors (Lipinski definition) is 0. The van der Waals surface area contributed by atoms with Crippen LogP contribution < -0.4 is 9.88 Å². The van der Waals surface area contributed by atoms with Crippen LogP contribution in [0.5, 0.6) is 0 Å². The van der Waals surface area contributed by atoms with Gasteiger partial charge in [0, 0.05) is 6.07 Å². The molecule has 0 radical (unpaired) electrons. The first-order chi connectivity index (χ1) is 7.81. The number of nitrogens with one attached hydrogen (secondary N) is 1. The van der Waals surface area contributed by atoms with E-state index in [2.05, 4.69) is 14.6 Å². The molecule has 2 rings (SSSR count). The first-order valence-electron chi connectivity index (χ1n) is 5.24. The van der Waals surface area contributed by atoms with Gasteiger partial charge in [-0.05, 0) is 6.07 Å². The van der Waals surface area contributed by atoms with Gasteiger partial charge in [0.05, 0.1) is 25.9 Å². The number of anilines is 1. The molecule has 0 bridgehead atoms. The lowest BCUT2D eigenvalue weighted by molar-refractivity contribution is -0.364. The van der Waals surface area contributed by atoms with Crippen molar-refractivity contribution in [3.63, 3.8) is 0 Å². The summed E-state index contributed by atoms with van der Waals surface area (Å²) in [7, 11) is 1.37. The van der Waals surface area contributed by atoms with Gasteiger partial charge >= 0.3 is 5.97 Å². The SMILES string of the molecule is COC(=O)c1ccc(N2CCOCC2)[nH+]c1. The van der Waals surface area contributed by atoms with Gasteiger partial charge < -0.3 is 9.47 Å². The molecule has 0 aliphatic carbocycles. The second kappa shape index (κ2) is 4.94. The van der Waals surface area contributed by atoms with Gasteiger partial charge in [0.15, 0.2) is 0 Å². The predicted molar refractivity (Wildman–Crippen MR) is 57.4 cm³/mol. The molecular weight excluding hydrogens is 208 g/mol. The van der Waals surface area contributed by atoms with Gasteiger partial charge in [-0.15, -0.1) is 0 Å². The third-order valence-electron chi connectivity index (χ3n) is 2.57. The van der Waals surface area contributed by atoms with Crippen molar-refractivity contribution in [3.8, 4) is 0 Å². The van der Waals surface area contributed by atoms with E-state index in [1.54, 1.807) is 12.3 Å². The Morgan fingerprint density at radius 2 is 2.19 bits per heavy atom. The van der Waals surface area contributed by atoms with Crippen LogP contribution in [-0.2, 0) is 9.47 Å². The Bertz CT molecular complexity index is 358. The molecule has 2 heterocycles. The van der Waals surface area contributed by atoms with Gasteiger partial charge in [-0.25, -0.2) is 9.78 Å². The number of H-pyrrole nitrogens is 1. The summed E-state index contributed by atoms with van der Waals surface area (Å²) >= 11 is 0. The third-order valence-corrected chi connectivity index (χ3v) is 2.57. The Morgan fingerprint density at radius 3 is 2.75 bits per heavy atom. The largest absolute Gasteiger partial charge is 0.465 e. The van der Waals surface area contributed by atoms with Crippen molar-refractivity contribution in [1.29, 1.82) is 0 Å². The number of aromatic nitrogens is 1. The Hall–Kier alpha value is -1.62. The van der Waals surface area contributed by atoms with E-state index in [0.29, 0.717) is 5.56 Å². The molecule has 1 aromatic rings.